The predicted octanol–water partition coefficient (Wildman–Crippen LogP) is 2.23. The molecule has 2 aliphatic rings. The summed E-state index contributed by atoms with van der Waals surface area (Å²) in [4.78, 5) is 14.4. The third-order valence-corrected chi connectivity index (χ3v) is 6.61. The minimum Gasteiger partial charge on any atom is -0.323 e. The number of carbonyl (C=O) groups is 1. The van der Waals surface area contributed by atoms with Gasteiger partial charge in [0.25, 0.3) is 0 Å². The zero-order chi connectivity index (χ0) is 17.4. The molecule has 2 unspecified atom stereocenters. The van der Waals surface area contributed by atoms with E-state index in [0.717, 1.165) is 30.0 Å². The van der Waals surface area contributed by atoms with E-state index in [1.54, 1.807) is 4.90 Å². The molecule has 0 radical (unpaired) electrons. The molecule has 7 nitrogen and oxygen atoms in total. The molecule has 0 aromatic carbocycles. The second kappa shape index (κ2) is 6.74. The molecule has 1 saturated carbocycles. The lowest BCUT2D eigenvalue weighted by Crippen LogP contribution is -2.38. The van der Waals surface area contributed by atoms with E-state index in [-0.39, 0.29) is 11.9 Å². The van der Waals surface area contributed by atoms with Crippen molar-refractivity contribution >= 4 is 28.2 Å². The van der Waals surface area contributed by atoms with Crippen LogP contribution in [0.3, 0.4) is 0 Å². The van der Waals surface area contributed by atoms with Crippen LogP contribution < -0.4 is 5.32 Å². The normalized spacial score (nSPS) is 24.8. The van der Waals surface area contributed by atoms with Crippen molar-refractivity contribution in [3.63, 3.8) is 0 Å². The molecule has 4 rings (SSSR count). The van der Waals surface area contributed by atoms with Gasteiger partial charge >= 0.3 is 6.03 Å². The molecule has 8 heteroatoms. The van der Waals surface area contributed by atoms with Crippen molar-refractivity contribution < 1.29 is 9.00 Å². The van der Waals surface area contributed by atoms with Crippen molar-refractivity contribution in [2.24, 2.45) is 5.92 Å². The maximum atomic E-state index is 12.6. The number of hydrogen-bond acceptors (Lipinski definition) is 4. The van der Waals surface area contributed by atoms with Gasteiger partial charge in [0.05, 0.1) is 5.69 Å². The average Bonchev–Trinajstić information content (AvgIpc) is 2.83. The van der Waals surface area contributed by atoms with E-state index in [0.29, 0.717) is 30.5 Å². The zero-order valence-corrected chi connectivity index (χ0v) is 15.2. The summed E-state index contributed by atoms with van der Waals surface area (Å²) in [6, 6.07) is 3.60. The minimum atomic E-state index is -0.830. The van der Waals surface area contributed by atoms with Gasteiger partial charge in [-0.15, -0.1) is 10.2 Å². The first-order valence-electron chi connectivity index (χ1n) is 8.86. The van der Waals surface area contributed by atoms with Crippen molar-refractivity contribution in [2.45, 2.75) is 32.1 Å². The van der Waals surface area contributed by atoms with Crippen molar-refractivity contribution in [3.05, 3.63) is 24.2 Å². The SMILES string of the molecule is CC1CN(C(=O)Nc2ccc3nnc(C4CCC4)n3c2)CCS(=O)C1. The maximum absolute atomic E-state index is 12.6. The number of pyridine rings is 1. The fourth-order valence-electron chi connectivity index (χ4n) is 3.45. The molecule has 2 aromatic rings. The molecule has 1 aliphatic heterocycles. The first-order chi connectivity index (χ1) is 12.1. The Morgan fingerprint density at radius 1 is 1.32 bits per heavy atom. The van der Waals surface area contributed by atoms with Gasteiger partial charge in [-0.3, -0.25) is 8.61 Å². The summed E-state index contributed by atoms with van der Waals surface area (Å²) in [5, 5.41) is 11.5. The summed E-state index contributed by atoms with van der Waals surface area (Å²) in [5.74, 6) is 2.92. The number of hydrogen-bond donors (Lipinski definition) is 1. The Labute approximate surface area is 149 Å². The molecule has 2 atom stereocenters. The van der Waals surface area contributed by atoms with Gasteiger partial charge in [0.1, 0.15) is 5.82 Å². The molecule has 2 amide bonds. The number of amides is 2. The standard InChI is InChI=1S/C17H23N5O2S/c1-12-9-21(7-8-25(24)11-12)17(23)18-14-5-6-15-19-20-16(22(15)10-14)13-3-2-4-13/h5-6,10,12-13H,2-4,7-9,11H2,1H3,(H,18,23). The van der Waals surface area contributed by atoms with Crippen LogP contribution in [0.25, 0.3) is 5.65 Å². The van der Waals surface area contributed by atoms with Gasteiger partial charge in [0.2, 0.25) is 0 Å². The van der Waals surface area contributed by atoms with E-state index in [1.807, 2.05) is 29.7 Å². The van der Waals surface area contributed by atoms with Gasteiger partial charge < -0.3 is 10.2 Å². The number of urea groups is 1. The molecule has 134 valence electrons. The molecule has 2 aromatic heterocycles. The molecular formula is C17H23N5O2S. The lowest BCUT2D eigenvalue weighted by Gasteiger charge is -2.24. The lowest BCUT2D eigenvalue weighted by atomic mass is 9.85. The molecule has 0 spiro atoms. The number of anilines is 1. The Balaban J connectivity index is 1.51. The number of rotatable bonds is 2. The average molecular weight is 361 g/mol. The largest absolute Gasteiger partial charge is 0.323 e. The first kappa shape index (κ1) is 16.5. The number of nitrogens with zero attached hydrogens (tertiary/aromatic N) is 4. The van der Waals surface area contributed by atoms with Crippen LogP contribution >= 0.6 is 0 Å². The minimum absolute atomic E-state index is 0.136. The molecule has 3 heterocycles. The topological polar surface area (TPSA) is 79.6 Å². The van der Waals surface area contributed by atoms with Crippen LogP contribution in [0.4, 0.5) is 10.5 Å². The molecule has 1 N–H and O–H groups in total. The second-order valence-electron chi connectivity index (χ2n) is 7.12. The van der Waals surface area contributed by atoms with Gasteiger partial charge in [0, 0.05) is 47.5 Å². The molecule has 1 aliphatic carbocycles. The zero-order valence-electron chi connectivity index (χ0n) is 14.4. The fraction of sp³-hybridized carbons (Fsp3) is 0.588. The summed E-state index contributed by atoms with van der Waals surface area (Å²) in [6.07, 6.45) is 5.45. The van der Waals surface area contributed by atoms with Crippen molar-refractivity contribution in [1.29, 1.82) is 0 Å². The van der Waals surface area contributed by atoms with E-state index in [4.69, 9.17) is 0 Å². The van der Waals surface area contributed by atoms with E-state index in [9.17, 15) is 9.00 Å². The highest BCUT2D eigenvalue weighted by atomic mass is 32.2. The molecule has 1 saturated heterocycles. The van der Waals surface area contributed by atoms with E-state index in [1.165, 1.54) is 6.42 Å². The first-order valence-corrected chi connectivity index (χ1v) is 10.3. The Morgan fingerprint density at radius 3 is 2.92 bits per heavy atom. The Hall–Kier alpha value is -1.96. The lowest BCUT2D eigenvalue weighted by molar-refractivity contribution is 0.210. The number of aromatic nitrogens is 3. The number of nitrogens with one attached hydrogen (secondary N) is 1. The van der Waals surface area contributed by atoms with Gasteiger partial charge in [-0.2, -0.15) is 0 Å². The van der Waals surface area contributed by atoms with E-state index >= 15 is 0 Å². The number of carbonyl (C=O) groups excluding carboxylic acids is 1. The monoisotopic (exact) mass is 361 g/mol. The summed E-state index contributed by atoms with van der Waals surface area (Å²) in [5.41, 5.74) is 1.54. The van der Waals surface area contributed by atoms with Gasteiger partial charge in [-0.1, -0.05) is 13.3 Å². The Kier molecular flexibility index (Phi) is 4.45. The predicted molar refractivity (Wildman–Crippen MR) is 97.2 cm³/mol. The highest BCUT2D eigenvalue weighted by Crippen LogP contribution is 2.35. The second-order valence-corrected chi connectivity index (χ2v) is 8.75. The van der Waals surface area contributed by atoms with Crippen molar-refractivity contribution in [1.82, 2.24) is 19.5 Å². The molecule has 2 fully saturated rings. The van der Waals surface area contributed by atoms with E-state index in [2.05, 4.69) is 15.5 Å². The maximum Gasteiger partial charge on any atom is 0.321 e. The molecular weight excluding hydrogens is 338 g/mol. The van der Waals surface area contributed by atoms with Crippen LogP contribution in [-0.2, 0) is 10.8 Å². The van der Waals surface area contributed by atoms with Crippen LogP contribution in [0.2, 0.25) is 0 Å². The van der Waals surface area contributed by atoms with Crippen LogP contribution in [0.1, 0.15) is 37.9 Å². The van der Waals surface area contributed by atoms with Crippen LogP contribution in [-0.4, -0.2) is 54.3 Å². The summed E-state index contributed by atoms with van der Waals surface area (Å²) in [6.45, 7) is 3.21. The molecule has 25 heavy (non-hydrogen) atoms. The highest BCUT2D eigenvalue weighted by molar-refractivity contribution is 7.85. The van der Waals surface area contributed by atoms with Crippen LogP contribution in [0, 0.1) is 5.92 Å². The third kappa shape index (κ3) is 3.40. The number of fused-ring (bicyclic) bond motifs is 1. The summed E-state index contributed by atoms with van der Waals surface area (Å²) in [7, 11) is -0.830. The summed E-state index contributed by atoms with van der Waals surface area (Å²) < 4.78 is 13.8. The third-order valence-electron chi connectivity index (χ3n) is 5.03. The summed E-state index contributed by atoms with van der Waals surface area (Å²) >= 11 is 0. The van der Waals surface area contributed by atoms with Gasteiger partial charge in [-0.05, 0) is 30.9 Å². The Morgan fingerprint density at radius 2 is 2.16 bits per heavy atom. The van der Waals surface area contributed by atoms with Gasteiger partial charge in [0.15, 0.2) is 5.65 Å². The van der Waals surface area contributed by atoms with Crippen molar-refractivity contribution in [3.8, 4) is 0 Å². The van der Waals surface area contributed by atoms with Crippen molar-refractivity contribution in [2.75, 3.05) is 29.9 Å². The van der Waals surface area contributed by atoms with E-state index < -0.39 is 10.8 Å². The quantitative estimate of drug-likeness (QED) is 0.889. The fourth-order valence-corrected chi connectivity index (χ4v) is 4.78. The van der Waals surface area contributed by atoms with Gasteiger partial charge in [-0.25, -0.2) is 4.79 Å². The van der Waals surface area contributed by atoms with Crippen LogP contribution in [0.5, 0.6) is 0 Å². The Bertz CT molecular complexity index is 816. The van der Waals surface area contributed by atoms with Crippen LogP contribution in [0.15, 0.2) is 18.3 Å². The molecule has 0 bridgehead atoms. The smallest absolute Gasteiger partial charge is 0.321 e. The highest BCUT2D eigenvalue weighted by Gasteiger charge is 2.25.